The van der Waals surface area contributed by atoms with Gasteiger partial charge >= 0.3 is 0 Å². The summed E-state index contributed by atoms with van der Waals surface area (Å²) >= 11 is 0. The highest BCUT2D eigenvalue weighted by molar-refractivity contribution is 6.09. The van der Waals surface area contributed by atoms with Gasteiger partial charge in [-0.05, 0) is 43.1 Å². The quantitative estimate of drug-likeness (QED) is 0.489. The zero-order chi connectivity index (χ0) is 21.3. The Morgan fingerprint density at radius 1 is 0.967 bits per heavy atom. The van der Waals surface area contributed by atoms with E-state index in [0.717, 1.165) is 31.2 Å². The van der Waals surface area contributed by atoms with Crippen molar-refractivity contribution >= 4 is 17.7 Å². The van der Waals surface area contributed by atoms with Crippen molar-refractivity contribution in [1.29, 1.82) is 0 Å². The van der Waals surface area contributed by atoms with Gasteiger partial charge in [-0.15, -0.1) is 0 Å². The van der Waals surface area contributed by atoms with Gasteiger partial charge in [-0.25, -0.2) is 0 Å². The summed E-state index contributed by atoms with van der Waals surface area (Å²) in [6.07, 6.45) is 8.25. The Kier molecular flexibility index (Phi) is 6.07. The summed E-state index contributed by atoms with van der Waals surface area (Å²) in [6, 6.07) is 8.98. The highest BCUT2D eigenvalue weighted by atomic mass is 16.2. The predicted molar refractivity (Wildman–Crippen MR) is 115 cm³/mol. The number of rotatable bonds is 8. The van der Waals surface area contributed by atoms with Crippen molar-refractivity contribution < 1.29 is 14.4 Å². The fraction of sp³-hybridized carbons (Fsp3) is 0.560. The summed E-state index contributed by atoms with van der Waals surface area (Å²) in [7, 11) is 0. The first-order valence-electron chi connectivity index (χ1n) is 11.4. The van der Waals surface area contributed by atoms with Crippen LogP contribution in [-0.4, -0.2) is 46.7 Å². The van der Waals surface area contributed by atoms with E-state index in [-0.39, 0.29) is 41.4 Å². The van der Waals surface area contributed by atoms with Gasteiger partial charge in [0, 0.05) is 19.5 Å². The number of carbonyl (C=O) groups excluding carboxylic acids is 3. The number of hydrogen-bond donors (Lipinski definition) is 0. The Morgan fingerprint density at radius 3 is 1.97 bits per heavy atom. The van der Waals surface area contributed by atoms with Crippen LogP contribution < -0.4 is 0 Å². The molecule has 1 saturated heterocycles. The first-order chi connectivity index (χ1) is 14.6. The molecule has 1 saturated carbocycles. The van der Waals surface area contributed by atoms with E-state index in [1.165, 1.54) is 4.90 Å². The molecule has 2 bridgehead atoms. The third kappa shape index (κ3) is 3.59. The monoisotopic (exact) mass is 408 g/mol. The van der Waals surface area contributed by atoms with Crippen LogP contribution in [0.4, 0.5) is 0 Å². The molecule has 4 aliphatic rings. The Morgan fingerprint density at radius 2 is 1.50 bits per heavy atom. The second-order valence-corrected chi connectivity index (χ2v) is 8.92. The van der Waals surface area contributed by atoms with Crippen molar-refractivity contribution in [2.24, 2.45) is 23.7 Å². The van der Waals surface area contributed by atoms with Crippen LogP contribution in [0, 0.1) is 23.7 Å². The number of nitrogens with zero attached hydrogens (tertiary/aromatic N) is 2. The van der Waals surface area contributed by atoms with Gasteiger partial charge in [-0.3, -0.25) is 19.3 Å². The Hall–Kier alpha value is -2.43. The molecule has 5 nitrogen and oxygen atoms in total. The smallest absolute Gasteiger partial charge is 0.246 e. The highest BCUT2D eigenvalue weighted by Crippen LogP contribution is 2.50. The average molecular weight is 409 g/mol. The molecule has 5 heteroatoms. The maximum absolute atomic E-state index is 13.7. The molecule has 1 aromatic carbocycles. The third-order valence-corrected chi connectivity index (χ3v) is 6.96. The van der Waals surface area contributed by atoms with E-state index in [4.69, 9.17) is 0 Å². The van der Waals surface area contributed by atoms with Gasteiger partial charge < -0.3 is 4.90 Å². The van der Waals surface area contributed by atoms with Gasteiger partial charge in [-0.2, -0.15) is 0 Å². The largest absolute Gasteiger partial charge is 0.341 e. The van der Waals surface area contributed by atoms with Gasteiger partial charge in [0.05, 0.1) is 11.8 Å². The molecule has 1 aromatic rings. The third-order valence-electron chi connectivity index (χ3n) is 6.96. The summed E-state index contributed by atoms with van der Waals surface area (Å²) in [5, 5.41) is 0. The van der Waals surface area contributed by atoms with E-state index in [1.807, 2.05) is 49.1 Å². The lowest BCUT2D eigenvalue weighted by Gasteiger charge is -2.38. The normalized spacial score (nSPS) is 28.0. The van der Waals surface area contributed by atoms with Crippen LogP contribution >= 0.6 is 0 Å². The van der Waals surface area contributed by atoms with Crippen LogP contribution in [0.3, 0.4) is 0 Å². The van der Waals surface area contributed by atoms with Gasteiger partial charge in [0.25, 0.3) is 0 Å². The number of imide groups is 1. The van der Waals surface area contributed by atoms with Gasteiger partial charge in [0.2, 0.25) is 17.7 Å². The number of likely N-dealkylation sites (tertiary alicyclic amines) is 1. The minimum atomic E-state index is -0.754. The van der Waals surface area contributed by atoms with Crippen molar-refractivity contribution in [2.45, 2.75) is 52.0 Å². The number of carbonyl (C=O) groups is 3. The summed E-state index contributed by atoms with van der Waals surface area (Å²) in [4.78, 5) is 43.9. The maximum Gasteiger partial charge on any atom is 0.246 e. The fourth-order valence-electron chi connectivity index (χ4n) is 5.61. The molecule has 3 amide bonds. The molecular formula is C25H32N2O3. The van der Waals surface area contributed by atoms with Crippen LogP contribution in [-0.2, 0) is 20.8 Å². The number of benzene rings is 1. The number of fused-ring (bicyclic) bond motifs is 1. The van der Waals surface area contributed by atoms with E-state index in [9.17, 15) is 14.4 Å². The number of allylic oxidation sites excluding steroid dienone is 2. The van der Waals surface area contributed by atoms with Crippen molar-refractivity contribution in [2.75, 3.05) is 13.1 Å². The van der Waals surface area contributed by atoms with E-state index < -0.39 is 6.04 Å². The topological polar surface area (TPSA) is 57.7 Å². The van der Waals surface area contributed by atoms with Crippen molar-refractivity contribution in [3.8, 4) is 0 Å². The average Bonchev–Trinajstić information content (AvgIpc) is 3.05. The molecule has 1 heterocycles. The molecular weight excluding hydrogens is 376 g/mol. The Balaban J connectivity index is 1.67. The Bertz CT molecular complexity index is 796. The molecule has 0 N–H and O–H groups in total. The fourth-order valence-corrected chi connectivity index (χ4v) is 5.61. The van der Waals surface area contributed by atoms with Crippen LogP contribution in [0.5, 0.6) is 0 Å². The molecule has 2 fully saturated rings. The van der Waals surface area contributed by atoms with Crippen LogP contribution in [0.25, 0.3) is 0 Å². The lowest BCUT2D eigenvalue weighted by molar-refractivity contribution is -0.151. The zero-order valence-electron chi connectivity index (χ0n) is 18.0. The number of amides is 3. The molecule has 30 heavy (non-hydrogen) atoms. The van der Waals surface area contributed by atoms with Crippen molar-refractivity contribution in [3.05, 3.63) is 48.0 Å². The van der Waals surface area contributed by atoms with E-state index in [0.29, 0.717) is 19.5 Å². The van der Waals surface area contributed by atoms with Crippen molar-refractivity contribution in [1.82, 2.24) is 9.80 Å². The molecule has 160 valence electrons. The predicted octanol–water partition coefficient (Wildman–Crippen LogP) is 3.44. The maximum atomic E-state index is 13.7. The first kappa shape index (κ1) is 20.8. The van der Waals surface area contributed by atoms with E-state index in [2.05, 4.69) is 12.2 Å². The molecule has 3 aliphatic carbocycles. The Labute approximate surface area is 179 Å². The van der Waals surface area contributed by atoms with Crippen LogP contribution in [0.15, 0.2) is 42.5 Å². The lowest BCUT2D eigenvalue weighted by Crippen LogP contribution is -2.53. The molecule has 5 rings (SSSR count). The van der Waals surface area contributed by atoms with Gasteiger partial charge in [0.15, 0.2) is 0 Å². The second kappa shape index (κ2) is 8.75. The summed E-state index contributed by atoms with van der Waals surface area (Å²) in [6.45, 7) is 5.39. The first-order valence-corrected chi connectivity index (χ1v) is 11.4. The summed E-state index contributed by atoms with van der Waals surface area (Å²) in [5.41, 5.74) is 0.973. The molecule has 0 aromatic heterocycles. The standard InChI is InChI=1S/C25H32N2O3/c1-3-14-26(15-4-2)23(28)20(16-17-8-6-5-7-9-17)27-24(29)21-18-10-11-19(13-12-18)22(21)25(27)30/h5-11,18-22H,3-4,12-16H2,1-2H3/t18-,19-,20-,21+,22+/m0/s1. The van der Waals surface area contributed by atoms with Gasteiger partial charge in [-0.1, -0.05) is 56.3 Å². The van der Waals surface area contributed by atoms with E-state index >= 15 is 0 Å². The molecule has 0 unspecified atom stereocenters. The number of hydrogen-bond acceptors (Lipinski definition) is 3. The molecule has 5 atom stereocenters. The molecule has 0 spiro atoms. The lowest BCUT2D eigenvalue weighted by atomic mass is 9.63. The van der Waals surface area contributed by atoms with Gasteiger partial charge in [0.1, 0.15) is 6.04 Å². The minimum Gasteiger partial charge on any atom is -0.341 e. The van der Waals surface area contributed by atoms with Crippen LogP contribution in [0.1, 0.15) is 45.1 Å². The van der Waals surface area contributed by atoms with E-state index in [1.54, 1.807) is 0 Å². The SMILES string of the molecule is CCCN(CCC)C(=O)[C@H](Cc1ccccc1)N1C(=O)[C@H]2[C@H](C1=O)[C@H]1C=C[C@H]2CC1. The summed E-state index contributed by atoms with van der Waals surface area (Å²) in [5.74, 6) is -0.648. The van der Waals surface area contributed by atoms with Crippen LogP contribution in [0.2, 0.25) is 0 Å². The second-order valence-electron chi connectivity index (χ2n) is 8.92. The highest BCUT2D eigenvalue weighted by Gasteiger charge is 2.58. The molecule has 1 aliphatic heterocycles. The minimum absolute atomic E-state index is 0.0943. The zero-order valence-corrected chi connectivity index (χ0v) is 18.0. The van der Waals surface area contributed by atoms with Crippen molar-refractivity contribution in [3.63, 3.8) is 0 Å². The summed E-state index contributed by atoms with van der Waals surface area (Å²) < 4.78 is 0. The molecule has 0 radical (unpaired) electrons.